The molecule has 4 aromatic rings. The molecule has 0 bridgehead atoms. The molecule has 2 aromatic heterocycles. The van der Waals surface area contributed by atoms with Crippen molar-refractivity contribution in [3.63, 3.8) is 0 Å². The number of nitrogens with one attached hydrogen (secondary N) is 3. The molecule has 3 heterocycles. The van der Waals surface area contributed by atoms with Crippen molar-refractivity contribution in [2.75, 3.05) is 10.6 Å². The number of ether oxygens (including phenoxy) is 1. The number of nitrogens with zero attached hydrogens (tertiary/aromatic N) is 2. The van der Waals surface area contributed by atoms with E-state index in [0.717, 1.165) is 10.9 Å². The Hall–Kier alpha value is -3.79. The lowest BCUT2D eigenvalue weighted by atomic mass is 10.1. The van der Waals surface area contributed by atoms with Gasteiger partial charge in [-0.1, -0.05) is 30.0 Å². The molecular weight excluding hydrogens is 418 g/mol. The van der Waals surface area contributed by atoms with Crippen molar-refractivity contribution in [2.45, 2.75) is 23.9 Å². The van der Waals surface area contributed by atoms with Crippen LogP contribution in [0.15, 0.2) is 58.4 Å². The first-order valence-corrected chi connectivity index (χ1v) is 10.5. The molecular formula is C21H17N5O4S. The van der Waals surface area contributed by atoms with Crippen LogP contribution in [-0.4, -0.2) is 33.1 Å². The third kappa shape index (κ3) is 3.73. The lowest BCUT2D eigenvalue weighted by Crippen LogP contribution is -2.34. The average Bonchev–Trinajstić information content (AvgIpc) is 3.41. The van der Waals surface area contributed by atoms with Gasteiger partial charge in [-0.15, -0.1) is 0 Å². The van der Waals surface area contributed by atoms with Gasteiger partial charge in [0.1, 0.15) is 17.7 Å². The van der Waals surface area contributed by atoms with E-state index in [0.29, 0.717) is 33.6 Å². The highest BCUT2D eigenvalue weighted by atomic mass is 32.2. The van der Waals surface area contributed by atoms with E-state index in [1.807, 2.05) is 24.3 Å². The monoisotopic (exact) mass is 435 g/mol. The maximum absolute atomic E-state index is 13.1. The Kier molecular flexibility index (Phi) is 4.83. The first-order chi connectivity index (χ1) is 15.1. The highest BCUT2D eigenvalue weighted by Gasteiger charge is 2.25. The van der Waals surface area contributed by atoms with Gasteiger partial charge in [0, 0.05) is 22.4 Å². The van der Waals surface area contributed by atoms with Gasteiger partial charge in [0.2, 0.25) is 0 Å². The van der Waals surface area contributed by atoms with Crippen LogP contribution in [0.3, 0.4) is 0 Å². The zero-order chi connectivity index (χ0) is 21.4. The number of benzene rings is 2. The number of para-hydroxylation sites is 1. The van der Waals surface area contributed by atoms with E-state index >= 15 is 0 Å². The Morgan fingerprint density at radius 3 is 2.97 bits per heavy atom. The summed E-state index contributed by atoms with van der Waals surface area (Å²) >= 11 is 1.42. The van der Waals surface area contributed by atoms with Crippen LogP contribution in [0.2, 0.25) is 0 Å². The zero-order valence-corrected chi connectivity index (χ0v) is 17.2. The summed E-state index contributed by atoms with van der Waals surface area (Å²) in [5, 5.41) is 13.8. The van der Waals surface area contributed by atoms with E-state index in [-0.39, 0.29) is 17.6 Å². The maximum Gasteiger partial charge on any atom is 0.291 e. The fourth-order valence-corrected chi connectivity index (χ4v) is 4.11. The Labute approximate surface area is 180 Å². The predicted octanol–water partition coefficient (Wildman–Crippen LogP) is 3.81. The molecule has 0 saturated carbocycles. The molecule has 9 nitrogen and oxygen atoms in total. The lowest BCUT2D eigenvalue weighted by Gasteiger charge is -2.23. The first-order valence-electron chi connectivity index (χ1n) is 9.50. The van der Waals surface area contributed by atoms with Gasteiger partial charge in [-0.05, 0) is 31.2 Å². The zero-order valence-electron chi connectivity index (χ0n) is 16.3. The van der Waals surface area contributed by atoms with Gasteiger partial charge in [-0.25, -0.2) is 4.98 Å². The Balaban J connectivity index is 1.42. The number of hydrogen-bond acceptors (Lipinski definition) is 7. The van der Waals surface area contributed by atoms with Crippen molar-refractivity contribution in [1.29, 1.82) is 0 Å². The molecule has 0 radical (unpaired) electrons. The van der Waals surface area contributed by atoms with Crippen molar-refractivity contribution < 1.29 is 18.7 Å². The molecule has 0 fully saturated rings. The van der Waals surface area contributed by atoms with Crippen molar-refractivity contribution in [1.82, 2.24) is 15.2 Å². The summed E-state index contributed by atoms with van der Waals surface area (Å²) in [7, 11) is 0. The summed E-state index contributed by atoms with van der Waals surface area (Å²) in [5.74, 6) is 0.625. The van der Waals surface area contributed by atoms with E-state index < -0.39 is 6.10 Å². The van der Waals surface area contributed by atoms with E-state index in [1.165, 1.54) is 18.1 Å². The molecule has 2 aromatic carbocycles. The largest absolute Gasteiger partial charge is 0.479 e. The number of rotatable bonds is 5. The standard InChI is InChI=1S/C21H17N5O4S/c1-11-19(27)25-15-8-12(6-7-17(15)29-11)24-20(28)18-14(9-31-21-22-10-23-26-21)13-4-2-3-5-16(13)30-18/h2-8,10-11H,9H2,1H3,(H,24,28)(H,25,27)(H,22,23,26)/t11-/m1/s1. The fraction of sp³-hybridized carbons (Fsp3) is 0.143. The minimum atomic E-state index is -0.562. The van der Waals surface area contributed by atoms with E-state index in [4.69, 9.17) is 9.15 Å². The van der Waals surface area contributed by atoms with Gasteiger partial charge in [-0.2, -0.15) is 5.10 Å². The highest BCUT2D eigenvalue weighted by Crippen LogP contribution is 2.34. The molecule has 31 heavy (non-hydrogen) atoms. The van der Waals surface area contributed by atoms with Crippen LogP contribution >= 0.6 is 11.8 Å². The minimum Gasteiger partial charge on any atom is -0.479 e. The number of anilines is 2. The van der Waals surface area contributed by atoms with Crippen molar-refractivity contribution in [3.05, 3.63) is 60.1 Å². The van der Waals surface area contributed by atoms with Gasteiger partial charge in [0.05, 0.1) is 5.69 Å². The van der Waals surface area contributed by atoms with Crippen LogP contribution < -0.4 is 15.4 Å². The third-order valence-electron chi connectivity index (χ3n) is 4.82. The molecule has 1 aliphatic heterocycles. The van der Waals surface area contributed by atoms with Crippen molar-refractivity contribution in [3.8, 4) is 5.75 Å². The number of carbonyl (C=O) groups excluding carboxylic acids is 2. The summed E-state index contributed by atoms with van der Waals surface area (Å²) in [4.78, 5) is 29.1. The molecule has 156 valence electrons. The van der Waals surface area contributed by atoms with Crippen molar-refractivity contribution in [2.24, 2.45) is 0 Å². The van der Waals surface area contributed by atoms with E-state index in [2.05, 4.69) is 25.8 Å². The molecule has 10 heteroatoms. The van der Waals surface area contributed by atoms with Crippen molar-refractivity contribution >= 4 is 45.9 Å². The van der Waals surface area contributed by atoms with Crippen LogP contribution in [0.4, 0.5) is 11.4 Å². The molecule has 3 N–H and O–H groups in total. The molecule has 0 saturated heterocycles. The van der Waals surface area contributed by atoms with Gasteiger partial charge >= 0.3 is 0 Å². The quantitative estimate of drug-likeness (QED) is 0.407. The normalized spacial score (nSPS) is 15.3. The minimum absolute atomic E-state index is 0.222. The molecule has 1 aliphatic rings. The number of amides is 2. The number of aromatic nitrogens is 3. The summed E-state index contributed by atoms with van der Waals surface area (Å²) < 4.78 is 11.4. The Bertz CT molecular complexity index is 1280. The molecule has 0 aliphatic carbocycles. The topological polar surface area (TPSA) is 122 Å². The average molecular weight is 435 g/mol. The lowest BCUT2D eigenvalue weighted by molar-refractivity contribution is -0.122. The number of H-pyrrole nitrogens is 1. The predicted molar refractivity (Wildman–Crippen MR) is 115 cm³/mol. The molecule has 1 atom stereocenters. The van der Waals surface area contributed by atoms with Gasteiger partial charge in [-0.3, -0.25) is 14.7 Å². The van der Waals surface area contributed by atoms with Crippen LogP contribution in [0.25, 0.3) is 11.0 Å². The van der Waals surface area contributed by atoms with E-state index in [1.54, 1.807) is 25.1 Å². The molecule has 5 rings (SSSR count). The summed E-state index contributed by atoms with van der Waals surface area (Å²) in [6, 6.07) is 12.6. The number of fused-ring (bicyclic) bond motifs is 2. The Morgan fingerprint density at radius 2 is 2.13 bits per heavy atom. The Morgan fingerprint density at radius 1 is 1.26 bits per heavy atom. The highest BCUT2D eigenvalue weighted by molar-refractivity contribution is 7.98. The number of hydrogen-bond donors (Lipinski definition) is 3. The fourth-order valence-electron chi connectivity index (χ4n) is 3.30. The second-order valence-corrected chi connectivity index (χ2v) is 7.86. The second-order valence-electron chi connectivity index (χ2n) is 6.90. The number of furan rings is 1. The van der Waals surface area contributed by atoms with Crippen LogP contribution in [0, 0.1) is 0 Å². The molecule has 0 spiro atoms. The summed E-state index contributed by atoms with van der Waals surface area (Å²) in [6.07, 6.45) is 0.871. The third-order valence-corrected chi connectivity index (χ3v) is 5.72. The smallest absolute Gasteiger partial charge is 0.291 e. The van der Waals surface area contributed by atoms with Gasteiger partial charge < -0.3 is 19.8 Å². The number of thioether (sulfide) groups is 1. The first kappa shape index (κ1) is 19.2. The summed E-state index contributed by atoms with van der Waals surface area (Å²) in [6.45, 7) is 1.67. The van der Waals surface area contributed by atoms with E-state index in [9.17, 15) is 9.59 Å². The van der Waals surface area contributed by atoms with Gasteiger partial charge in [0.15, 0.2) is 17.0 Å². The molecule has 2 amide bonds. The SMILES string of the molecule is C[C@H]1Oc2ccc(NC(=O)c3oc4ccccc4c3CSc3ncn[nH]3)cc2NC1=O. The second kappa shape index (κ2) is 7.80. The maximum atomic E-state index is 13.1. The van der Waals surface area contributed by atoms with Crippen LogP contribution in [0.1, 0.15) is 23.0 Å². The van der Waals surface area contributed by atoms with Crippen LogP contribution in [0.5, 0.6) is 5.75 Å². The van der Waals surface area contributed by atoms with Crippen LogP contribution in [-0.2, 0) is 10.5 Å². The number of carbonyl (C=O) groups is 2. The molecule has 0 unspecified atom stereocenters. The number of aromatic amines is 1. The van der Waals surface area contributed by atoms with Gasteiger partial charge in [0.25, 0.3) is 11.8 Å². The summed E-state index contributed by atoms with van der Waals surface area (Å²) in [5.41, 5.74) is 2.40.